The summed E-state index contributed by atoms with van der Waals surface area (Å²) in [5.41, 5.74) is 1.51. The van der Waals surface area contributed by atoms with Gasteiger partial charge in [-0.3, -0.25) is 0 Å². The van der Waals surface area contributed by atoms with E-state index in [0.717, 1.165) is 5.56 Å². The number of fused-ring (bicyclic) bond motifs is 1. The Balaban J connectivity index is 1.92. The molecular weight excluding hydrogens is 433 g/mol. The zero-order valence-corrected chi connectivity index (χ0v) is 17.2. The lowest BCUT2D eigenvalue weighted by molar-refractivity contribution is 0.0683. The summed E-state index contributed by atoms with van der Waals surface area (Å²) in [4.78, 5) is 12.2. The number of ether oxygens (including phenoxy) is 1. The standard InChI is InChI=1S/C22H14Cl3NO3/c23-14-7-9-19-16(11-14)21(29-15-4-2-1-3-5-15)20(22(27)28)26(19)12-13-6-8-17(24)18(25)10-13/h1-11H,12H2,(H,27,28). The molecule has 29 heavy (non-hydrogen) atoms. The van der Waals surface area contributed by atoms with Gasteiger partial charge in [-0.15, -0.1) is 0 Å². The van der Waals surface area contributed by atoms with Gasteiger partial charge in [0.05, 0.1) is 15.6 Å². The number of carboxylic acids is 1. The van der Waals surface area contributed by atoms with E-state index in [4.69, 9.17) is 39.5 Å². The van der Waals surface area contributed by atoms with Crippen molar-refractivity contribution < 1.29 is 14.6 Å². The maximum absolute atomic E-state index is 12.2. The number of carbonyl (C=O) groups is 1. The van der Waals surface area contributed by atoms with E-state index >= 15 is 0 Å². The molecule has 1 aromatic heterocycles. The van der Waals surface area contributed by atoms with Gasteiger partial charge in [-0.1, -0.05) is 59.1 Å². The molecule has 0 aliphatic rings. The smallest absolute Gasteiger partial charge is 0.356 e. The monoisotopic (exact) mass is 445 g/mol. The summed E-state index contributed by atoms with van der Waals surface area (Å²) in [5, 5.41) is 11.9. The van der Waals surface area contributed by atoms with Crippen LogP contribution in [0.5, 0.6) is 11.5 Å². The van der Waals surface area contributed by atoms with Crippen LogP contribution in [0.1, 0.15) is 16.1 Å². The molecule has 0 amide bonds. The first kappa shape index (κ1) is 19.6. The van der Waals surface area contributed by atoms with Crippen molar-refractivity contribution >= 4 is 51.7 Å². The van der Waals surface area contributed by atoms with E-state index in [2.05, 4.69) is 0 Å². The second kappa shape index (κ2) is 7.99. The molecule has 0 aliphatic carbocycles. The predicted octanol–water partition coefficient (Wildman–Crippen LogP) is 7.14. The number of hydrogen-bond acceptors (Lipinski definition) is 2. The van der Waals surface area contributed by atoms with Crippen molar-refractivity contribution in [3.8, 4) is 11.5 Å². The van der Waals surface area contributed by atoms with E-state index in [0.29, 0.717) is 31.7 Å². The Morgan fingerprint density at radius 3 is 2.38 bits per heavy atom. The maximum atomic E-state index is 12.2. The lowest BCUT2D eigenvalue weighted by atomic mass is 10.2. The van der Waals surface area contributed by atoms with Crippen molar-refractivity contribution in [3.05, 3.63) is 93.1 Å². The summed E-state index contributed by atoms with van der Waals surface area (Å²) >= 11 is 18.3. The number of aromatic nitrogens is 1. The molecule has 0 bridgehead atoms. The Morgan fingerprint density at radius 2 is 1.69 bits per heavy atom. The van der Waals surface area contributed by atoms with Crippen LogP contribution in [0, 0.1) is 0 Å². The molecule has 0 unspecified atom stereocenters. The van der Waals surface area contributed by atoms with Crippen LogP contribution in [0.25, 0.3) is 10.9 Å². The largest absolute Gasteiger partial charge is 0.476 e. The molecule has 146 valence electrons. The fourth-order valence-corrected chi connectivity index (χ4v) is 3.70. The van der Waals surface area contributed by atoms with E-state index in [1.54, 1.807) is 53.1 Å². The van der Waals surface area contributed by atoms with Crippen LogP contribution in [-0.2, 0) is 6.54 Å². The van der Waals surface area contributed by atoms with Gasteiger partial charge in [0.1, 0.15) is 5.75 Å². The van der Waals surface area contributed by atoms with Gasteiger partial charge in [0.2, 0.25) is 0 Å². The van der Waals surface area contributed by atoms with E-state index in [1.807, 2.05) is 18.2 Å². The Morgan fingerprint density at radius 1 is 0.931 bits per heavy atom. The minimum Gasteiger partial charge on any atom is -0.476 e. The normalized spacial score (nSPS) is 11.0. The van der Waals surface area contributed by atoms with Crippen LogP contribution in [0.15, 0.2) is 66.7 Å². The van der Waals surface area contributed by atoms with Gasteiger partial charge in [0, 0.05) is 17.0 Å². The van der Waals surface area contributed by atoms with Crippen LogP contribution >= 0.6 is 34.8 Å². The highest BCUT2D eigenvalue weighted by Crippen LogP contribution is 2.38. The highest BCUT2D eigenvalue weighted by atomic mass is 35.5. The topological polar surface area (TPSA) is 51.5 Å². The first-order valence-electron chi connectivity index (χ1n) is 8.66. The number of nitrogens with zero attached hydrogens (tertiary/aromatic N) is 1. The fraction of sp³-hybridized carbons (Fsp3) is 0.0455. The number of aromatic carboxylic acids is 1. The summed E-state index contributed by atoms with van der Waals surface area (Å²) in [5.74, 6) is -0.340. The highest BCUT2D eigenvalue weighted by molar-refractivity contribution is 6.42. The van der Waals surface area contributed by atoms with E-state index in [1.165, 1.54) is 0 Å². The van der Waals surface area contributed by atoms with Crippen molar-refractivity contribution in [1.82, 2.24) is 4.57 Å². The molecule has 0 fully saturated rings. The van der Waals surface area contributed by atoms with E-state index < -0.39 is 5.97 Å². The molecule has 4 rings (SSSR count). The van der Waals surface area contributed by atoms with Crippen LogP contribution in [0.2, 0.25) is 15.1 Å². The van der Waals surface area contributed by atoms with Crippen LogP contribution in [-0.4, -0.2) is 15.6 Å². The molecule has 0 saturated heterocycles. The van der Waals surface area contributed by atoms with Crippen molar-refractivity contribution in [2.75, 3.05) is 0 Å². The fourth-order valence-electron chi connectivity index (χ4n) is 3.20. The van der Waals surface area contributed by atoms with E-state index in [9.17, 15) is 9.90 Å². The lowest BCUT2D eigenvalue weighted by Gasteiger charge is -2.10. The van der Waals surface area contributed by atoms with Crippen molar-refractivity contribution in [3.63, 3.8) is 0 Å². The number of rotatable bonds is 5. The minimum absolute atomic E-state index is 0.0252. The molecule has 7 heteroatoms. The van der Waals surface area contributed by atoms with Gasteiger partial charge in [-0.05, 0) is 48.0 Å². The van der Waals surface area contributed by atoms with Gasteiger partial charge in [-0.25, -0.2) is 4.79 Å². The molecule has 3 aromatic carbocycles. The third kappa shape index (κ3) is 3.92. The van der Waals surface area contributed by atoms with Crippen molar-refractivity contribution in [2.45, 2.75) is 6.54 Å². The number of halogens is 3. The molecule has 4 aromatic rings. The average Bonchev–Trinajstić information content (AvgIpc) is 2.98. The average molecular weight is 447 g/mol. The zero-order chi connectivity index (χ0) is 20.5. The molecule has 4 nitrogen and oxygen atoms in total. The molecule has 0 spiro atoms. The van der Waals surface area contributed by atoms with Gasteiger partial charge < -0.3 is 14.4 Å². The number of hydrogen-bond donors (Lipinski definition) is 1. The van der Waals surface area contributed by atoms with Crippen molar-refractivity contribution in [2.24, 2.45) is 0 Å². The molecule has 1 heterocycles. The Kier molecular flexibility index (Phi) is 5.41. The zero-order valence-electron chi connectivity index (χ0n) is 14.9. The Hall–Kier alpha value is -2.66. The van der Waals surface area contributed by atoms with Gasteiger partial charge in [0.15, 0.2) is 11.4 Å². The van der Waals surface area contributed by atoms with Crippen LogP contribution in [0.4, 0.5) is 0 Å². The van der Waals surface area contributed by atoms with E-state index in [-0.39, 0.29) is 18.0 Å². The maximum Gasteiger partial charge on any atom is 0.356 e. The number of benzene rings is 3. The summed E-state index contributed by atoms with van der Waals surface area (Å²) in [6.07, 6.45) is 0. The second-order valence-electron chi connectivity index (χ2n) is 6.39. The van der Waals surface area contributed by atoms with Crippen LogP contribution < -0.4 is 4.74 Å². The minimum atomic E-state index is -1.11. The molecule has 0 atom stereocenters. The van der Waals surface area contributed by atoms with Crippen LogP contribution in [0.3, 0.4) is 0 Å². The van der Waals surface area contributed by atoms with Crippen molar-refractivity contribution in [1.29, 1.82) is 0 Å². The first-order chi connectivity index (χ1) is 13.9. The Bertz CT molecular complexity index is 1220. The third-order valence-electron chi connectivity index (χ3n) is 4.47. The molecule has 0 aliphatic heterocycles. The first-order valence-corrected chi connectivity index (χ1v) is 9.79. The summed E-state index contributed by atoms with van der Waals surface area (Å²) < 4.78 is 7.67. The highest BCUT2D eigenvalue weighted by Gasteiger charge is 2.25. The SMILES string of the molecule is O=C(O)c1c(Oc2ccccc2)c2cc(Cl)ccc2n1Cc1ccc(Cl)c(Cl)c1. The molecule has 1 N–H and O–H groups in total. The number of para-hydroxylation sites is 1. The van der Waals surface area contributed by atoms with Gasteiger partial charge in [0.25, 0.3) is 0 Å². The summed E-state index contributed by atoms with van der Waals surface area (Å²) in [6, 6.07) is 19.4. The predicted molar refractivity (Wildman–Crippen MR) is 116 cm³/mol. The molecular formula is C22H14Cl3NO3. The Labute approximate surface area is 181 Å². The van der Waals surface area contributed by atoms with Gasteiger partial charge >= 0.3 is 5.97 Å². The quantitative estimate of drug-likeness (QED) is 0.354. The molecule has 0 radical (unpaired) electrons. The molecule has 0 saturated carbocycles. The second-order valence-corrected chi connectivity index (χ2v) is 7.64. The summed E-state index contributed by atoms with van der Waals surface area (Å²) in [6.45, 7) is 0.273. The third-order valence-corrected chi connectivity index (χ3v) is 5.44. The number of carboxylic acid groups (broad SMARTS) is 1. The summed E-state index contributed by atoms with van der Waals surface area (Å²) in [7, 11) is 0. The van der Waals surface area contributed by atoms with Gasteiger partial charge in [-0.2, -0.15) is 0 Å². The lowest BCUT2D eigenvalue weighted by Crippen LogP contribution is -2.10.